The van der Waals surface area contributed by atoms with E-state index in [-0.39, 0.29) is 5.75 Å². The highest BCUT2D eigenvalue weighted by Gasteiger charge is 2.10. The van der Waals surface area contributed by atoms with Gasteiger partial charge in [0.15, 0.2) is 0 Å². The highest BCUT2D eigenvalue weighted by Crippen LogP contribution is 2.29. The first-order valence-electron chi connectivity index (χ1n) is 5.38. The smallest absolute Gasteiger partial charge is 0.387 e. The summed E-state index contributed by atoms with van der Waals surface area (Å²) in [6.45, 7) is -2.50. The molecular formula is C11H11BrF2N4O. The van der Waals surface area contributed by atoms with Gasteiger partial charge in [0.05, 0.1) is 18.4 Å². The average Bonchev–Trinajstić information content (AvgIpc) is 2.73. The highest BCUT2D eigenvalue weighted by atomic mass is 79.9. The van der Waals surface area contributed by atoms with Crippen LogP contribution in [-0.2, 0) is 13.6 Å². The Hall–Kier alpha value is -1.70. The van der Waals surface area contributed by atoms with Crippen molar-refractivity contribution in [2.75, 3.05) is 5.32 Å². The predicted molar refractivity (Wildman–Crippen MR) is 69.1 cm³/mol. The summed E-state index contributed by atoms with van der Waals surface area (Å²) in [5, 5.41) is 11.0. The van der Waals surface area contributed by atoms with Gasteiger partial charge in [0, 0.05) is 11.5 Å². The maximum absolute atomic E-state index is 12.3. The maximum Gasteiger partial charge on any atom is 0.387 e. The Balaban J connectivity index is 2.10. The zero-order valence-electron chi connectivity index (χ0n) is 9.98. The number of aryl methyl sites for hydroxylation is 1. The summed E-state index contributed by atoms with van der Waals surface area (Å²) in [6.07, 6.45) is 1.60. The molecule has 1 heterocycles. The molecule has 0 radical (unpaired) electrons. The summed E-state index contributed by atoms with van der Waals surface area (Å²) < 4.78 is 29.7. The molecule has 0 unspecified atom stereocenters. The van der Waals surface area contributed by atoms with Crippen molar-refractivity contribution < 1.29 is 13.5 Å². The Morgan fingerprint density at radius 3 is 2.89 bits per heavy atom. The third kappa shape index (κ3) is 3.88. The van der Waals surface area contributed by atoms with Gasteiger partial charge in [0.25, 0.3) is 0 Å². The monoisotopic (exact) mass is 332 g/mol. The molecular weight excluding hydrogens is 322 g/mol. The quantitative estimate of drug-likeness (QED) is 0.914. The number of aromatic nitrogens is 3. The van der Waals surface area contributed by atoms with Crippen molar-refractivity contribution >= 4 is 21.6 Å². The molecule has 0 fully saturated rings. The van der Waals surface area contributed by atoms with Gasteiger partial charge in [-0.25, -0.2) is 0 Å². The second kappa shape index (κ2) is 5.96. The van der Waals surface area contributed by atoms with Crippen LogP contribution in [0, 0.1) is 0 Å². The fourth-order valence-corrected chi connectivity index (χ4v) is 1.83. The predicted octanol–water partition coefficient (Wildman–Crippen LogP) is 2.79. The molecule has 0 saturated heterocycles. The van der Waals surface area contributed by atoms with E-state index in [9.17, 15) is 8.78 Å². The normalized spacial score (nSPS) is 10.8. The van der Waals surface area contributed by atoms with Crippen molar-refractivity contribution in [1.82, 2.24) is 15.0 Å². The fourth-order valence-electron chi connectivity index (χ4n) is 1.49. The Morgan fingerprint density at radius 1 is 1.47 bits per heavy atom. The minimum absolute atomic E-state index is 0.0771. The van der Waals surface area contributed by atoms with Crippen LogP contribution in [-0.4, -0.2) is 21.6 Å². The molecule has 0 aliphatic rings. The van der Waals surface area contributed by atoms with Gasteiger partial charge in [-0.05, 0) is 18.2 Å². The second-order valence-electron chi connectivity index (χ2n) is 3.70. The number of hydrogen-bond donors (Lipinski definition) is 1. The summed E-state index contributed by atoms with van der Waals surface area (Å²) in [4.78, 5) is 1.43. The van der Waals surface area contributed by atoms with Crippen molar-refractivity contribution in [1.29, 1.82) is 0 Å². The molecule has 8 heteroatoms. The van der Waals surface area contributed by atoms with Crippen LogP contribution in [0.15, 0.2) is 28.9 Å². The molecule has 1 aromatic heterocycles. The van der Waals surface area contributed by atoms with E-state index in [1.165, 1.54) is 10.9 Å². The maximum atomic E-state index is 12.3. The van der Waals surface area contributed by atoms with Crippen LogP contribution in [0.3, 0.4) is 0 Å². The van der Waals surface area contributed by atoms with Crippen LogP contribution in [0.25, 0.3) is 0 Å². The Morgan fingerprint density at radius 2 is 2.26 bits per heavy atom. The number of alkyl halides is 2. The van der Waals surface area contributed by atoms with Crippen molar-refractivity contribution in [2.45, 2.75) is 13.2 Å². The molecule has 2 aromatic rings. The van der Waals surface area contributed by atoms with Gasteiger partial charge in [-0.2, -0.15) is 23.8 Å². The summed E-state index contributed by atoms with van der Waals surface area (Å²) in [5.41, 5.74) is 1.17. The number of nitrogens with one attached hydrogen (secondary N) is 1. The van der Waals surface area contributed by atoms with Crippen molar-refractivity contribution in [3.05, 3.63) is 34.6 Å². The molecule has 2 rings (SSSR count). The fraction of sp³-hybridized carbons (Fsp3) is 0.273. The van der Waals surface area contributed by atoms with Crippen LogP contribution in [0.4, 0.5) is 14.5 Å². The van der Waals surface area contributed by atoms with Gasteiger partial charge >= 0.3 is 6.61 Å². The van der Waals surface area contributed by atoms with E-state index in [0.29, 0.717) is 22.4 Å². The molecule has 5 nitrogen and oxygen atoms in total. The Labute approximate surface area is 116 Å². The van der Waals surface area contributed by atoms with E-state index in [1.54, 1.807) is 25.4 Å². The van der Waals surface area contributed by atoms with E-state index < -0.39 is 6.61 Å². The van der Waals surface area contributed by atoms with Crippen LogP contribution in [0.1, 0.15) is 5.69 Å². The van der Waals surface area contributed by atoms with E-state index in [2.05, 4.69) is 36.2 Å². The summed E-state index contributed by atoms with van der Waals surface area (Å²) >= 11 is 3.21. The lowest BCUT2D eigenvalue weighted by atomic mass is 10.3. The molecule has 1 N–H and O–H groups in total. The molecule has 19 heavy (non-hydrogen) atoms. The zero-order valence-corrected chi connectivity index (χ0v) is 11.6. The first-order chi connectivity index (χ1) is 9.04. The van der Waals surface area contributed by atoms with Crippen LogP contribution >= 0.6 is 15.9 Å². The molecule has 0 bridgehead atoms. The first-order valence-corrected chi connectivity index (χ1v) is 6.17. The van der Waals surface area contributed by atoms with Gasteiger partial charge in [-0.3, -0.25) is 0 Å². The number of rotatable bonds is 5. The van der Waals surface area contributed by atoms with Gasteiger partial charge in [-0.15, -0.1) is 0 Å². The number of nitrogens with zero attached hydrogens (tertiary/aromatic N) is 3. The molecule has 1 aromatic carbocycles. The molecule has 0 spiro atoms. The minimum atomic E-state index is -2.87. The minimum Gasteiger partial charge on any atom is -0.433 e. The Bertz CT molecular complexity index is 561. The standard InChI is InChI=1S/C11H11BrF2N4O/c1-18-16-6-8(17-18)5-15-9-3-2-7(12)4-10(9)19-11(13)14/h2-4,6,11,15H,5H2,1H3. The number of halogens is 3. The number of benzene rings is 1. The zero-order chi connectivity index (χ0) is 13.8. The SMILES string of the molecule is Cn1ncc(CNc2ccc(Br)cc2OC(F)F)n1. The number of hydrogen-bond acceptors (Lipinski definition) is 4. The lowest BCUT2D eigenvalue weighted by molar-refractivity contribution is -0.0494. The average molecular weight is 333 g/mol. The highest BCUT2D eigenvalue weighted by molar-refractivity contribution is 9.10. The topological polar surface area (TPSA) is 52.0 Å². The van der Waals surface area contributed by atoms with Gasteiger partial charge in [0.1, 0.15) is 11.4 Å². The van der Waals surface area contributed by atoms with Crippen LogP contribution in [0.2, 0.25) is 0 Å². The largest absolute Gasteiger partial charge is 0.433 e. The molecule has 0 aliphatic heterocycles. The summed E-state index contributed by atoms with van der Waals surface area (Å²) in [6, 6.07) is 4.86. The Kier molecular flexibility index (Phi) is 4.31. The summed E-state index contributed by atoms with van der Waals surface area (Å²) in [7, 11) is 1.70. The van der Waals surface area contributed by atoms with Crippen molar-refractivity contribution in [3.63, 3.8) is 0 Å². The third-order valence-electron chi connectivity index (χ3n) is 2.27. The first kappa shape index (κ1) is 13.7. The molecule has 0 amide bonds. The molecule has 0 saturated carbocycles. The van der Waals surface area contributed by atoms with Gasteiger partial charge in [0.2, 0.25) is 0 Å². The molecule has 0 aliphatic carbocycles. The van der Waals surface area contributed by atoms with Crippen molar-refractivity contribution in [2.24, 2.45) is 7.05 Å². The molecule has 102 valence electrons. The van der Waals surface area contributed by atoms with Gasteiger partial charge < -0.3 is 10.1 Å². The van der Waals surface area contributed by atoms with Gasteiger partial charge in [-0.1, -0.05) is 15.9 Å². The van der Waals surface area contributed by atoms with E-state index in [1.807, 2.05) is 0 Å². The number of anilines is 1. The van der Waals surface area contributed by atoms with E-state index in [0.717, 1.165) is 0 Å². The lowest BCUT2D eigenvalue weighted by Gasteiger charge is -2.12. The van der Waals surface area contributed by atoms with Crippen molar-refractivity contribution in [3.8, 4) is 5.75 Å². The van der Waals surface area contributed by atoms with Crippen LogP contribution < -0.4 is 10.1 Å². The third-order valence-corrected chi connectivity index (χ3v) is 2.76. The van der Waals surface area contributed by atoms with Crippen LogP contribution in [0.5, 0.6) is 5.75 Å². The second-order valence-corrected chi connectivity index (χ2v) is 4.61. The van der Waals surface area contributed by atoms with E-state index in [4.69, 9.17) is 0 Å². The molecule has 0 atom stereocenters. The van der Waals surface area contributed by atoms with E-state index >= 15 is 0 Å². The summed E-state index contributed by atoms with van der Waals surface area (Å²) in [5.74, 6) is 0.0771. The number of ether oxygens (including phenoxy) is 1. The lowest BCUT2D eigenvalue weighted by Crippen LogP contribution is -2.07.